The van der Waals surface area contributed by atoms with Crippen LogP contribution in [0.4, 0.5) is 0 Å². The number of nitrogens with zero attached hydrogens (tertiary/aromatic N) is 1. The monoisotopic (exact) mass is 311 g/mol. The van der Waals surface area contributed by atoms with Gasteiger partial charge in [-0.05, 0) is 41.2 Å². The van der Waals surface area contributed by atoms with Crippen LogP contribution in [0, 0.1) is 0 Å². The standard InChI is InChI=1S/C20H25NO2/c1-15(16-7-5-4-6-8-16)13-21-10-9-17-11-19(22-2)20(23-3)12-18(17)14-21/h4-8,11-12,15H,9-10,13-14H2,1-3H3/t15-/m0/s1. The summed E-state index contributed by atoms with van der Waals surface area (Å²) < 4.78 is 10.9. The van der Waals surface area contributed by atoms with Crippen LogP contribution in [0.3, 0.4) is 0 Å². The molecule has 1 atom stereocenters. The van der Waals surface area contributed by atoms with Gasteiger partial charge in [-0.15, -0.1) is 0 Å². The molecule has 0 saturated heterocycles. The Kier molecular flexibility index (Phi) is 4.87. The fraction of sp³-hybridized carbons (Fsp3) is 0.400. The molecule has 0 N–H and O–H groups in total. The number of hydrogen-bond donors (Lipinski definition) is 0. The van der Waals surface area contributed by atoms with Gasteiger partial charge in [-0.2, -0.15) is 0 Å². The van der Waals surface area contributed by atoms with E-state index in [0.29, 0.717) is 5.92 Å². The Balaban J connectivity index is 1.72. The third-order valence-electron chi connectivity index (χ3n) is 4.70. The summed E-state index contributed by atoms with van der Waals surface area (Å²) in [5.41, 5.74) is 4.14. The molecule has 2 aromatic rings. The van der Waals surface area contributed by atoms with Gasteiger partial charge in [0, 0.05) is 19.6 Å². The van der Waals surface area contributed by atoms with Crippen molar-refractivity contribution >= 4 is 0 Å². The number of fused-ring (bicyclic) bond motifs is 1. The minimum atomic E-state index is 0.540. The molecule has 0 saturated carbocycles. The maximum Gasteiger partial charge on any atom is 0.161 e. The maximum atomic E-state index is 5.44. The second-order valence-corrected chi connectivity index (χ2v) is 6.27. The summed E-state index contributed by atoms with van der Waals surface area (Å²) in [6.07, 6.45) is 1.07. The second-order valence-electron chi connectivity index (χ2n) is 6.27. The molecule has 1 aliphatic heterocycles. The molecule has 1 heterocycles. The largest absolute Gasteiger partial charge is 0.493 e. The summed E-state index contributed by atoms with van der Waals surface area (Å²) in [6, 6.07) is 15.0. The molecule has 3 heteroatoms. The number of rotatable bonds is 5. The van der Waals surface area contributed by atoms with Crippen LogP contribution in [0.25, 0.3) is 0 Å². The molecule has 3 rings (SSSR count). The fourth-order valence-corrected chi connectivity index (χ4v) is 3.37. The van der Waals surface area contributed by atoms with E-state index in [9.17, 15) is 0 Å². The fourth-order valence-electron chi connectivity index (χ4n) is 3.37. The van der Waals surface area contributed by atoms with Crippen LogP contribution < -0.4 is 9.47 Å². The van der Waals surface area contributed by atoms with E-state index in [4.69, 9.17) is 9.47 Å². The number of methoxy groups -OCH3 is 2. The van der Waals surface area contributed by atoms with Gasteiger partial charge in [0.05, 0.1) is 14.2 Å². The number of hydrogen-bond acceptors (Lipinski definition) is 3. The van der Waals surface area contributed by atoms with E-state index in [1.165, 1.54) is 16.7 Å². The molecule has 0 amide bonds. The molecule has 0 aliphatic carbocycles. The molecular formula is C20H25NO2. The van der Waals surface area contributed by atoms with Crippen molar-refractivity contribution < 1.29 is 9.47 Å². The molecule has 2 aromatic carbocycles. The molecule has 23 heavy (non-hydrogen) atoms. The summed E-state index contributed by atoms with van der Waals surface area (Å²) in [6.45, 7) is 5.46. The smallest absolute Gasteiger partial charge is 0.161 e. The first-order chi connectivity index (χ1) is 11.2. The van der Waals surface area contributed by atoms with Crippen molar-refractivity contribution in [3.63, 3.8) is 0 Å². The number of benzene rings is 2. The van der Waals surface area contributed by atoms with Crippen molar-refractivity contribution in [2.24, 2.45) is 0 Å². The predicted molar refractivity (Wildman–Crippen MR) is 93.4 cm³/mol. The summed E-state index contributed by atoms with van der Waals surface area (Å²) in [5.74, 6) is 2.19. The summed E-state index contributed by atoms with van der Waals surface area (Å²) in [7, 11) is 3.39. The Labute approximate surface area is 138 Å². The lowest BCUT2D eigenvalue weighted by Gasteiger charge is -2.31. The highest BCUT2D eigenvalue weighted by Crippen LogP contribution is 2.33. The van der Waals surface area contributed by atoms with Crippen LogP contribution in [0.2, 0.25) is 0 Å². The Morgan fingerprint density at radius 3 is 2.30 bits per heavy atom. The Bertz CT molecular complexity index is 654. The Morgan fingerprint density at radius 2 is 1.65 bits per heavy atom. The zero-order valence-electron chi connectivity index (χ0n) is 14.2. The molecule has 0 spiro atoms. The van der Waals surface area contributed by atoms with Crippen LogP contribution in [0.5, 0.6) is 11.5 Å². The molecule has 0 aromatic heterocycles. The molecule has 122 valence electrons. The van der Waals surface area contributed by atoms with Gasteiger partial charge < -0.3 is 9.47 Å². The van der Waals surface area contributed by atoms with Gasteiger partial charge in [-0.1, -0.05) is 37.3 Å². The quantitative estimate of drug-likeness (QED) is 0.837. The molecule has 1 aliphatic rings. The van der Waals surface area contributed by atoms with E-state index in [1.54, 1.807) is 14.2 Å². The van der Waals surface area contributed by atoms with Crippen molar-refractivity contribution in [1.29, 1.82) is 0 Å². The normalized spacial score (nSPS) is 15.8. The SMILES string of the molecule is COc1cc2c(cc1OC)CN(C[C@H](C)c1ccccc1)CC2. The van der Waals surface area contributed by atoms with Crippen LogP contribution in [-0.2, 0) is 13.0 Å². The van der Waals surface area contributed by atoms with Crippen LogP contribution >= 0.6 is 0 Å². The van der Waals surface area contributed by atoms with Crippen molar-refractivity contribution in [3.8, 4) is 11.5 Å². The van der Waals surface area contributed by atoms with E-state index in [1.807, 2.05) is 0 Å². The van der Waals surface area contributed by atoms with Gasteiger partial charge in [0.2, 0.25) is 0 Å². The average Bonchev–Trinajstić information content (AvgIpc) is 2.61. The molecule has 0 bridgehead atoms. The van der Waals surface area contributed by atoms with Crippen molar-refractivity contribution in [1.82, 2.24) is 4.90 Å². The van der Waals surface area contributed by atoms with Crippen LogP contribution in [0.1, 0.15) is 29.5 Å². The van der Waals surface area contributed by atoms with Crippen molar-refractivity contribution in [2.75, 3.05) is 27.3 Å². The van der Waals surface area contributed by atoms with Crippen molar-refractivity contribution in [3.05, 3.63) is 59.2 Å². The van der Waals surface area contributed by atoms with E-state index < -0.39 is 0 Å². The molecule has 0 radical (unpaired) electrons. The van der Waals surface area contributed by atoms with Gasteiger partial charge in [-0.25, -0.2) is 0 Å². The number of ether oxygens (including phenoxy) is 2. The molecule has 3 nitrogen and oxygen atoms in total. The van der Waals surface area contributed by atoms with Gasteiger partial charge >= 0.3 is 0 Å². The predicted octanol–water partition coefficient (Wildman–Crippen LogP) is 3.87. The van der Waals surface area contributed by atoms with Crippen LogP contribution in [0.15, 0.2) is 42.5 Å². The van der Waals surface area contributed by atoms with E-state index in [0.717, 1.165) is 37.6 Å². The second kappa shape index (κ2) is 7.05. The third kappa shape index (κ3) is 3.50. The minimum Gasteiger partial charge on any atom is -0.493 e. The van der Waals surface area contributed by atoms with E-state index >= 15 is 0 Å². The first-order valence-corrected chi connectivity index (χ1v) is 8.22. The van der Waals surface area contributed by atoms with Crippen LogP contribution in [-0.4, -0.2) is 32.2 Å². The van der Waals surface area contributed by atoms with E-state index in [2.05, 4.69) is 54.3 Å². The lowest BCUT2D eigenvalue weighted by atomic mass is 9.96. The molecule has 0 fully saturated rings. The first-order valence-electron chi connectivity index (χ1n) is 8.22. The zero-order chi connectivity index (χ0) is 16.2. The highest BCUT2D eigenvalue weighted by atomic mass is 16.5. The summed E-state index contributed by atoms with van der Waals surface area (Å²) >= 11 is 0. The lowest BCUT2D eigenvalue weighted by molar-refractivity contribution is 0.240. The summed E-state index contributed by atoms with van der Waals surface area (Å²) in [4.78, 5) is 2.53. The third-order valence-corrected chi connectivity index (χ3v) is 4.70. The molecule has 0 unspecified atom stereocenters. The minimum absolute atomic E-state index is 0.540. The molecular weight excluding hydrogens is 286 g/mol. The van der Waals surface area contributed by atoms with E-state index in [-0.39, 0.29) is 0 Å². The topological polar surface area (TPSA) is 21.7 Å². The Hall–Kier alpha value is -2.00. The van der Waals surface area contributed by atoms with Gasteiger partial charge in [0.25, 0.3) is 0 Å². The first kappa shape index (κ1) is 15.9. The highest BCUT2D eigenvalue weighted by molar-refractivity contribution is 5.48. The van der Waals surface area contributed by atoms with Gasteiger partial charge in [-0.3, -0.25) is 4.90 Å². The lowest BCUT2D eigenvalue weighted by Crippen LogP contribution is -2.33. The van der Waals surface area contributed by atoms with Gasteiger partial charge in [0.15, 0.2) is 11.5 Å². The average molecular weight is 311 g/mol. The van der Waals surface area contributed by atoms with Crippen molar-refractivity contribution in [2.45, 2.75) is 25.8 Å². The zero-order valence-corrected chi connectivity index (χ0v) is 14.2. The highest BCUT2D eigenvalue weighted by Gasteiger charge is 2.21. The maximum absolute atomic E-state index is 5.44. The van der Waals surface area contributed by atoms with Gasteiger partial charge in [0.1, 0.15) is 0 Å². The Morgan fingerprint density at radius 1 is 1.00 bits per heavy atom. The summed E-state index contributed by atoms with van der Waals surface area (Å²) in [5, 5.41) is 0.